The molecule has 0 aromatic heterocycles. The van der Waals surface area contributed by atoms with Crippen LogP contribution in [-0.2, 0) is 4.79 Å². The Morgan fingerprint density at radius 2 is 1.69 bits per heavy atom. The van der Waals surface area contributed by atoms with Crippen molar-refractivity contribution in [2.45, 2.75) is 44.9 Å². The molecule has 3 aliphatic rings. The van der Waals surface area contributed by atoms with Crippen LogP contribution >= 0.6 is 0 Å². The number of hydrogen-bond acceptors (Lipinski definition) is 2. The van der Waals surface area contributed by atoms with Gasteiger partial charge in [-0.25, -0.2) is 0 Å². The number of carbonyl (C=O) groups is 1. The molecule has 1 N–H and O–H groups in total. The van der Waals surface area contributed by atoms with Gasteiger partial charge in [-0.2, -0.15) is 0 Å². The zero-order valence-corrected chi connectivity index (χ0v) is 9.87. The number of carboxylic acids is 1. The fourth-order valence-electron chi connectivity index (χ4n) is 3.93. The van der Waals surface area contributed by atoms with E-state index in [4.69, 9.17) is 0 Å². The lowest BCUT2D eigenvalue weighted by Crippen LogP contribution is -2.60. The van der Waals surface area contributed by atoms with E-state index in [1.165, 1.54) is 38.8 Å². The maximum absolute atomic E-state index is 11.3. The predicted octanol–water partition coefficient (Wildman–Crippen LogP) is 2.12. The standard InChI is InChI=1S/C13H21NO2/c15-11(16)13(6-3-7-13)10-14-8-12(9-14)4-1-2-5-12/h1-10H2,(H,15,16). The van der Waals surface area contributed by atoms with Crippen molar-refractivity contribution in [2.24, 2.45) is 10.8 Å². The average Bonchev–Trinajstić information content (AvgIpc) is 2.57. The van der Waals surface area contributed by atoms with Crippen LogP contribution in [0.2, 0.25) is 0 Å². The van der Waals surface area contributed by atoms with Crippen molar-refractivity contribution in [1.82, 2.24) is 4.90 Å². The minimum absolute atomic E-state index is 0.375. The predicted molar refractivity (Wildman–Crippen MR) is 61.3 cm³/mol. The molecule has 1 aliphatic heterocycles. The fraction of sp³-hybridized carbons (Fsp3) is 0.923. The highest BCUT2D eigenvalue weighted by molar-refractivity contribution is 5.76. The number of likely N-dealkylation sites (tertiary alicyclic amines) is 1. The van der Waals surface area contributed by atoms with Crippen molar-refractivity contribution in [1.29, 1.82) is 0 Å². The summed E-state index contributed by atoms with van der Waals surface area (Å²) in [5.41, 5.74) is 0.226. The van der Waals surface area contributed by atoms with Crippen LogP contribution in [0.3, 0.4) is 0 Å². The molecule has 0 atom stereocenters. The van der Waals surface area contributed by atoms with Gasteiger partial charge in [-0.15, -0.1) is 0 Å². The van der Waals surface area contributed by atoms with E-state index >= 15 is 0 Å². The van der Waals surface area contributed by atoms with E-state index < -0.39 is 5.97 Å². The molecule has 16 heavy (non-hydrogen) atoms. The summed E-state index contributed by atoms with van der Waals surface area (Å²) in [5, 5.41) is 9.28. The zero-order chi connectivity index (χ0) is 11.2. The summed E-state index contributed by atoms with van der Waals surface area (Å²) in [6.07, 6.45) is 8.42. The first kappa shape index (κ1) is 10.6. The van der Waals surface area contributed by atoms with Gasteiger partial charge in [0.1, 0.15) is 0 Å². The van der Waals surface area contributed by atoms with Crippen LogP contribution in [0, 0.1) is 10.8 Å². The highest BCUT2D eigenvalue weighted by Gasteiger charge is 2.51. The lowest BCUT2D eigenvalue weighted by atomic mass is 9.67. The molecule has 2 aliphatic carbocycles. The first-order valence-corrected chi connectivity index (χ1v) is 6.60. The van der Waals surface area contributed by atoms with Gasteiger partial charge in [0.2, 0.25) is 0 Å². The van der Waals surface area contributed by atoms with Crippen molar-refractivity contribution in [2.75, 3.05) is 19.6 Å². The zero-order valence-electron chi connectivity index (χ0n) is 9.87. The molecule has 1 spiro atoms. The van der Waals surface area contributed by atoms with Gasteiger partial charge in [-0.1, -0.05) is 19.3 Å². The van der Waals surface area contributed by atoms with Crippen molar-refractivity contribution in [3.63, 3.8) is 0 Å². The summed E-state index contributed by atoms with van der Waals surface area (Å²) in [4.78, 5) is 13.7. The quantitative estimate of drug-likeness (QED) is 0.796. The largest absolute Gasteiger partial charge is 0.481 e. The third kappa shape index (κ3) is 1.48. The van der Waals surface area contributed by atoms with Crippen LogP contribution < -0.4 is 0 Å². The van der Waals surface area contributed by atoms with Crippen molar-refractivity contribution < 1.29 is 9.90 Å². The highest BCUT2D eigenvalue weighted by Crippen LogP contribution is 2.49. The SMILES string of the molecule is O=C(O)C1(CN2CC3(CCCC3)C2)CCC1. The summed E-state index contributed by atoms with van der Waals surface area (Å²) in [5.74, 6) is -0.564. The molecule has 0 unspecified atom stereocenters. The Hall–Kier alpha value is -0.570. The maximum atomic E-state index is 11.3. The molecule has 3 nitrogen and oxygen atoms in total. The molecule has 2 saturated carbocycles. The summed E-state index contributed by atoms with van der Waals surface area (Å²) in [7, 11) is 0. The smallest absolute Gasteiger partial charge is 0.310 e. The Labute approximate surface area is 96.8 Å². The van der Waals surface area contributed by atoms with E-state index in [0.29, 0.717) is 5.41 Å². The molecule has 3 rings (SSSR count). The van der Waals surface area contributed by atoms with Gasteiger partial charge in [0, 0.05) is 19.6 Å². The second-order valence-corrected chi connectivity index (χ2v) is 6.29. The normalized spacial score (nSPS) is 31.0. The van der Waals surface area contributed by atoms with E-state index in [9.17, 15) is 9.90 Å². The van der Waals surface area contributed by atoms with Gasteiger partial charge in [0.25, 0.3) is 0 Å². The number of aliphatic carboxylic acids is 1. The second-order valence-electron chi connectivity index (χ2n) is 6.29. The summed E-state index contributed by atoms with van der Waals surface area (Å²) >= 11 is 0. The highest BCUT2D eigenvalue weighted by atomic mass is 16.4. The van der Waals surface area contributed by atoms with Crippen LogP contribution in [0.25, 0.3) is 0 Å². The molecular formula is C13H21NO2. The number of hydrogen-bond donors (Lipinski definition) is 1. The fourth-order valence-corrected chi connectivity index (χ4v) is 3.93. The summed E-state index contributed by atoms with van der Waals surface area (Å²) in [6.45, 7) is 3.15. The molecule has 0 amide bonds. The van der Waals surface area contributed by atoms with Gasteiger partial charge in [0.15, 0.2) is 0 Å². The Bertz CT molecular complexity index is 295. The Morgan fingerprint density at radius 1 is 1.06 bits per heavy atom. The summed E-state index contributed by atoms with van der Waals surface area (Å²) < 4.78 is 0. The van der Waals surface area contributed by atoms with E-state index in [1.807, 2.05) is 0 Å². The second kappa shape index (κ2) is 3.46. The lowest BCUT2D eigenvalue weighted by molar-refractivity contribution is -0.159. The van der Waals surface area contributed by atoms with E-state index in [0.717, 1.165) is 25.8 Å². The van der Waals surface area contributed by atoms with E-state index in [1.54, 1.807) is 0 Å². The van der Waals surface area contributed by atoms with Crippen LogP contribution in [0.1, 0.15) is 44.9 Å². The Kier molecular flexibility index (Phi) is 2.29. The Balaban J connectivity index is 1.55. The van der Waals surface area contributed by atoms with Crippen LogP contribution in [0.15, 0.2) is 0 Å². The van der Waals surface area contributed by atoms with Gasteiger partial charge in [-0.3, -0.25) is 4.79 Å². The monoisotopic (exact) mass is 223 g/mol. The summed E-state index contributed by atoms with van der Waals surface area (Å²) in [6, 6.07) is 0. The third-order valence-electron chi connectivity index (χ3n) is 5.07. The molecule has 0 bridgehead atoms. The minimum atomic E-state index is -0.564. The molecular weight excluding hydrogens is 202 g/mol. The molecule has 90 valence electrons. The molecule has 0 radical (unpaired) electrons. The maximum Gasteiger partial charge on any atom is 0.310 e. The van der Waals surface area contributed by atoms with Crippen molar-refractivity contribution >= 4 is 5.97 Å². The van der Waals surface area contributed by atoms with Gasteiger partial charge >= 0.3 is 5.97 Å². The van der Waals surface area contributed by atoms with Crippen molar-refractivity contribution in [3.05, 3.63) is 0 Å². The van der Waals surface area contributed by atoms with Crippen LogP contribution in [0.4, 0.5) is 0 Å². The van der Waals surface area contributed by atoms with Gasteiger partial charge in [0.05, 0.1) is 5.41 Å². The molecule has 1 heterocycles. The molecule has 0 aromatic carbocycles. The molecule has 3 fully saturated rings. The van der Waals surface area contributed by atoms with Gasteiger partial charge < -0.3 is 10.0 Å². The lowest BCUT2D eigenvalue weighted by Gasteiger charge is -2.52. The van der Waals surface area contributed by atoms with Crippen LogP contribution in [0.5, 0.6) is 0 Å². The van der Waals surface area contributed by atoms with E-state index in [2.05, 4.69) is 4.90 Å². The number of nitrogens with zero attached hydrogens (tertiary/aromatic N) is 1. The first-order valence-electron chi connectivity index (χ1n) is 6.60. The molecule has 0 aromatic rings. The topological polar surface area (TPSA) is 40.5 Å². The van der Waals surface area contributed by atoms with Crippen LogP contribution in [-0.4, -0.2) is 35.6 Å². The molecule has 1 saturated heterocycles. The van der Waals surface area contributed by atoms with E-state index in [-0.39, 0.29) is 5.41 Å². The number of carboxylic acid groups (broad SMARTS) is 1. The minimum Gasteiger partial charge on any atom is -0.481 e. The van der Waals surface area contributed by atoms with Crippen molar-refractivity contribution in [3.8, 4) is 0 Å². The van der Waals surface area contributed by atoms with Gasteiger partial charge in [-0.05, 0) is 31.1 Å². The first-order chi connectivity index (χ1) is 7.64. The third-order valence-corrected chi connectivity index (χ3v) is 5.07. The number of rotatable bonds is 3. The molecule has 3 heteroatoms. The average molecular weight is 223 g/mol. The Morgan fingerprint density at radius 3 is 2.12 bits per heavy atom.